The molecule has 3 N–H and O–H groups in total. The molecule has 0 spiro atoms. The van der Waals surface area contributed by atoms with E-state index in [1.807, 2.05) is 32.0 Å². The van der Waals surface area contributed by atoms with Crippen molar-refractivity contribution in [2.45, 2.75) is 32.9 Å². The van der Waals surface area contributed by atoms with Crippen LogP contribution in [0.5, 0.6) is 11.5 Å². The van der Waals surface area contributed by atoms with E-state index >= 15 is 0 Å². The van der Waals surface area contributed by atoms with E-state index in [9.17, 15) is 4.79 Å². The van der Waals surface area contributed by atoms with Crippen LogP contribution in [0.25, 0.3) is 0 Å². The summed E-state index contributed by atoms with van der Waals surface area (Å²) in [6, 6.07) is 5.69. The second-order valence-electron chi connectivity index (χ2n) is 4.47. The number of hydrogen-bond acceptors (Lipinski definition) is 4. The van der Waals surface area contributed by atoms with Crippen molar-refractivity contribution in [1.82, 2.24) is 5.32 Å². The van der Waals surface area contributed by atoms with Crippen LogP contribution in [0.1, 0.15) is 25.8 Å². The predicted octanol–water partition coefficient (Wildman–Crippen LogP) is 1.45. The number of methoxy groups -OCH3 is 1. The van der Waals surface area contributed by atoms with E-state index in [4.69, 9.17) is 15.2 Å². The SMILES string of the molecule is COc1cccc(CN)c1OCCC(=O)NC(C)C. The van der Waals surface area contributed by atoms with E-state index in [1.54, 1.807) is 7.11 Å². The monoisotopic (exact) mass is 266 g/mol. The molecule has 0 aliphatic rings. The highest BCUT2D eigenvalue weighted by atomic mass is 16.5. The molecule has 0 radical (unpaired) electrons. The topological polar surface area (TPSA) is 73.6 Å². The lowest BCUT2D eigenvalue weighted by atomic mass is 10.2. The van der Waals surface area contributed by atoms with Gasteiger partial charge in [-0.25, -0.2) is 0 Å². The van der Waals surface area contributed by atoms with Gasteiger partial charge >= 0.3 is 0 Å². The minimum atomic E-state index is -0.0285. The van der Waals surface area contributed by atoms with Gasteiger partial charge in [-0.05, 0) is 19.9 Å². The third-order valence-corrected chi connectivity index (χ3v) is 2.53. The van der Waals surface area contributed by atoms with Crippen molar-refractivity contribution >= 4 is 5.91 Å². The number of carbonyl (C=O) groups excluding carboxylic acids is 1. The molecule has 5 heteroatoms. The highest BCUT2D eigenvalue weighted by Gasteiger charge is 2.10. The van der Waals surface area contributed by atoms with E-state index in [-0.39, 0.29) is 11.9 Å². The average molecular weight is 266 g/mol. The van der Waals surface area contributed by atoms with Crippen LogP contribution in [0.4, 0.5) is 0 Å². The summed E-state index contributed by atoms with van der Waals surface area (Å²) in [5.41, 5.74) is 6.52. The number of ether oxygens (including phenoxy) is 2. The van der Waals surface area contributed by atoms with Gasteiger partial charge < -0.3 is 20.5 Å². The highest BCUT2D eigenvalue weighted by molar-refractivity contribution is 5.76. The average Bonchev–Trinajstić information content (AvgIpc) is 2.37. The Hall–Kier alpha value is -1.75. The third-order valence-electron chi connectivity index (χ3n) is 2.53. The summed E-state index contributed by atoms with van der Waals surface area (Å²) >= 11 is 0. The van der Waals surface area contributed by atoms with Crippen molar-refractivity contribution in [2.75, 3.05) is 13.7 Å². The van der Waals surface area contributed by atoms with Crippen molar-refractivity contribution < 1.29 is 14.3 Å². The summed E-state index contributed by atoms with van der Waals surface area (Å²) in [6.45, 7) is 4.51. The Labute approximate surface area is 114 Å². The van der Waals surface area contributed by atoms with Crippen LogP contribution < -0.4 is 20.5 Å². The zero-order chi connectivity index (χ0) is 14.3. The lowest BCUT2D eigenvalue weighted by molar-refractivity contribution is -0.122. The zero-order valence-corrected chi connectivity index (χ0v) is 11.7. The van der Waals surface area contributed by atoms with Crippen LogP contribution in [0.2, 0.25) is 0 Å². The van der Waals surface area contributed by atoms with E-state index in [2.05, 4.69) is 5.32 Å². The summed E-state index contributed by atoms with van der Waals surface area (Å²) in [6.07, 6.45) is 0.306. The second-order valence-corrected chi connectivity index (χ2v) is 4.47. The van der Waals surface area contributed by atoms with Gasteiger partial charge in [0.25, 0.3) is 0 Å². The number of nitrogens with two attached hydrogens (primary N) is 1. The quantitative estimate of drug-likeness (QED) is 0.783. The molecule has 0 aliphatic carbocycles. The van der Waals surface area contributed by atoms with Crippen LogP contribution >= 0.6 is 0 Å². The van der Waals surface area contributed by atoms with Gasteiger partial charge in [0.15, 0.2) is 11.5 Å². The van der Waals surface area contributed by atoms with Crippen molar-refractivity contribution in [3.05, 3.63) is 23.8 Å². The first-order valence-electron chi connectivity index (χ1n) is 6.36. The predicted molar refractivity (Wildman–Crippen MR) is 74.3 cm³/mol. The number of benzene rings is 1. The summed E-state index contributed by atoms with van der Waals surface area (Å²) in [5.74, 6) is 1.22. The number of hydrogen-bond donors (Lipinski definition) is 2. The highest BCUT2D eigenvalue weighted by Crippen LogP contribution is 2.30. The molecular weight excluding hydrogens is 244 g/mol. The molecule has 0 aliphatic heterocycles. The molecular formula is C14H22N2O3. The van der Waals surface area contributed by atoms with Gasteiger partial charge in [0.2, 0.25) is 5.91 Å². The molecule has 0 fully saturated rings. The summed E-state index contributed by atoms with van der Waals surface area (Å²) in [4.78, 5) is 11.5. The van der Waals surface area contributed by atoms with Crippen LogP contribution in [0.3, 0.4) is 0 Å². The van der Waals surface area contributed by atoms with Crippen molar-refractivity contribution in [3.8, 4) is 11.5 Å². The summed E-state index contributed by atoms with van der Waals surface area (Å²) in [5, 5.41) is 2.81. The van der Waals surface area contributed by atoms with Gasteiger partial charge in [0, 0.05) is 18.2 Å². The first-order chi connectivity index (χ1) is 9.08. The molecule has 0 atom stereocenters. The zero-order valence-electron chi connectivity index (χ0n) is 11.7. The smallest absolute Gasteiger partial charge is 0.223 e. The first kappa shape index (κ1) is 15.3. The molecule has 1 amide bonds. The van der Waals surface area contributed by atoms with E-state index < -0.39 is 0 Å². The van der Waals surface area contributed by atoms with Crippen LogP contribution in [-0.2, 0) is 11.3 Å². The standard InChI is InChI=1S/C14H22N2O3/c1-10(2)16-13(17)7-8-19-14-11(9-15)5-4-6-12(14)18-3/h4-6,10H,7-9,15H2,1-3H3,(H,16,17). The first-order valence-corrected chi connectivity index (χ1v) is 6.36. The molecule has 0 heterocycles. The van der Waals surface area contributed by atoms with Gasteiger partial charge in [0.1, 0.15) is 0 Å². The lowest BCUT2D eigenvalue weighted by Crippen LogP contribution is -2.31. The fourth-order valence-corrected chi connectivity index (χ4v) is 1.69. The Kier molecular flexibility index (Phi) is 6.15. The van der Waals surface area contributed by atoms with Crippen LogP contribution in [0, 0.1) is 0 Å². The molecule has 0 bridgehead atoms. The molecule has 0 saturated carbocycles. The van der Waals surface area contributed by atoms with Gasteiger partial charge in [-0.15, -0.1) is 0 Å². The Bertz CT molecular complexity index is 397. The fourth-order valence-electron chi connectivity index (χ4n) is 1.69. The molecule has 1 aromatic carbocycles. The molecule has 0 aromatic heterocycles. The molecule has 19 heavy (non-hydrogen) atoms. The lowest BCUT2D eigenvalue weighted by Gasteiger charge is -2.14. The maximum Gasteiger partial charge on any atom is 0.223 e. The second kappa shape index (κ2) is 7.63. The van der Waals surface area contributed by atoms with Gasteiger partial charge in [-0.3, -0.25) is 4.79 Å². The van der Waals surface area contributed by atoms with Crippen LogP contribution in [0.15, 0.2) is 18.2 Å². The normalized spacial score (nSPS) is 10.4. The summed E-state index contributed by atoms with van der Waals surface area (Å²) in [7, 11) is 1.58. The Morgan fingerprint density at radius 3 is 2.74 bits per heavy atom. The fraction of sp³-hybridized carbons (Fsp3) is 0.500. The van der Waals surface area contributed by atoms with E-state index in [1.165, 1.54) is 0 Å². The van der Waals surface area contributed by atoms with Crippen molar-refractivity contribution in [3.63, 3.8) is 0 Å². The third kappa shape index (κ3) is 4.79. The molecule has 0 saturated heterocycles. The molecule has 0 unspecified atom stereocenters. The number of carbonyl (C=O) groups is 1. The van der Waals surface area contributed by atoms with Gasteiger partial charge in [-0.1, -0.05) is 12.1 Å². The summed E-state index contributed by atoms with van der Waals surface area (Å²) < 4.78 is 10.9. The number of rotatable bonds is 7. The Balaban J connectivity index is 2.59. The maximum atomic E-state index is 11.5. The van der Waals surface area contributed by atoms with Crippen molar-refractivity contribution in [2.24, 2.45) is 5.73 Å². The van der Waals surface area contributed by atoms with Gasteiger partial charge in [-0.2, -0.15) is 0 Å². The number of para-hydroxylation sites is 1. The molecule has 1 rings (SSSR count). The molecule has 5 nitrogen and oxygen atoms in total. The van der Waals surface area contributed by atoms with Gasteiger partial charge in [0.05, 0.1) is 20.1 Å². The number of nitrogens with one attached hydrogen (secondary N) is 1. The molecule has 106 valence electrons. The van der Waals surface area contributed by atoms with Crippen molar-refractivity contribution in [1.29, 1.82) is 0 Å². The van der Waals surface area contributed by atoms with E-state index in [0.717, 1.165) is 5.56 Å². The minimum Gasteiger partial charge on any atom is -0.493 e. The maximum absolute atomic E-state index is 11.5. The largest absolute Gasteiger partial charge is 0.493 e. The minimum absolute atomic E-state index is 0.0285. The Morgan fingerprint density at radius 2 is 2.16 bits per heavy atom. The molecule has 1 aromatic rings. The van der Waals surface area contributed by atoms with E-state index in [0.29, 0.717) is 31.1 Å². The number of amides is 1. The Morgan fingerprint density at radius 1 is 1.42 bits per heavy atom. The van der Waals surface area contributed by atoms with Crippen LogP contribution in [-0.4, -0.2) is 25.7 Å².